The zero-order valence-corrected chi connectivity index (χ0v) is 16.1. The minimum Gasteiger partial charge on any atom is -0.457 e. The molecule has 4 nitrogen and oxygen atoms in total. The van der Waals surface area contributed by atoms with Gasteiger partial charge in [0.05, 0.1) is 11.1 Å². The van der Waals surface area contributed by atoms with Gasteiger partial charge in [-0.1, -0.05) is 24.3 Å². The van der Waals surface area contributed by atoms with Gasteiger partial charge >= 0.3 is 12.1 Å². The number of nitrogens with zero attached hydrogens (tertiary/aromatic N) is 1. The van der Waals surface area contributed by atoms with E-state index in [0.29, 0.717) is 5.56 Å². The molecule has 0 amide bonds. The Morgan fingerprint density at radius 3 is 2.55 bits per heavy atom. The second-order valence-corrected chi connectivity index (χ2v) is 6.95. The summed E-state index contributed by atoms with van der Waals surface area (Å²) in [5, 5.41) is 0. The summed E-state index contributed by atoms with van der Waals surface area (Å²) < 4.78 is 50.2. The Balaban J connectivity index is 1.63. The van der Waals surface area contributed by atoms with Crippen LogP contribution in [0.25, 0.3) is 17.4 Å². The normalized spacial score (nSPS) is 15.5. The van der Waals surface area contributed by atoms with Crippen LogP contribution in [0, 0.1) is 0 Å². The molecule has 0 unspecified atom stereocenters. The van der Waals surface area contributed by atoms with E-state index in [1.54, 1.807) is 24.3 Å². The van der Waals surface area contributed by atoms with Crippen LogP contribution < -0.4 is 0 Å². The molecule has 0 bridgehead atoms. The van der Waals surface area contributed by atoms with E-state index < -0.39 is 17.7 Å². The number of carbonyl (C=O) groups is 1. The van der Waals surface area contributed by atoms with E-state index in [1.807, 2.05) is 6.07 Å². The van der Waals surface area contributed by atoms with Gasteiger partial charge in [0.2, 0.25) is 5.90 Å². The Kier molecular flexibility index (Phi) is 4.87. The molecular formula is C21H11BrF3NO3. The first-order valence-corrected chi connectivity index (χ1v) is 9.15. The first-order valence-electron chi connectivity index (χ1n) is 8.36. The molecule has 1 aliphatic rings. The number of hydrogen-bond acceptors (Lipinski definition) is 4. The third kappa shape index (κ3) is 4.02. The van der Waals surface area contributed by atoms with Crippen LogP contribution in [0.1, 0.15) is 16.9 Å². The summed E-state index contributed by atoms with van der Waals surface area (Å²) in [7, 11) is 0. The summed E-state index contributed by atoms with van der Waals surface area (Å²) in [5.74, 6) is 0.0111. The average molecular weight is 462 g/mol. The number of carbonyl (C=O) groups excluding carboxylic acids is 1. The maximum atomic E-state index is 12.9. The molecule has 2 aromatic carbocycles. The lowest BCUT2D eigenvalue weighted by Crippen LogP contribution is -2.05. The highest BCUT2D eigenvalue weighted by molar-refractivity contribution is 9.10. The molecule has 2 heterocycles. The van der Waals surface area contributed by atoms with Crippen molar-refractivity contribution >= 4 is 33.9 Å². The molecule has 1 aromatic heterocycles. The van der Waals surface area contributed by atoms with Crippen LogP contribution in [0.2, 0.25) is 0 Å². The second-order valence-electron chi connectivity index (χ2n) is 6.10. The van der Waals surface area contributed by atoms with Crippen molar-refractivity contribution in [2.24, 2.45) is 4.99 Å². The number of cyclic esters (lactones) is 1. The monoisotopic (exact) mass is 461 g/mol. The number of esters is 1. The second kappa shape index (κ2) is 7.36. The van der Waals surface area contributed by atoms with E-state index in [0.717, 1.165) is 16.6 Å². The molecule has 3 aromatic rings. The van der Waals surface area contributed by atoms with Crippen LogP contribution in [0.4, 0.5) is 13.2 Å². The van der Waals surface area contributed by atoms with Gasteiger partial charge < -0.3 is 9.15 Å². The van der Waals surface area contributed by atoms with E-state index >= 15 is 0 Å². The minimum absolute atomic E-state index is 0.0284. The van der Waals surface area contributed by atoms with E-state index in [4.69, 9.17) is 9.15 Å². The van der Waals surface area contributed by atoms with Gasteiger partial charge in [-0.2, -0.15) is 13.2 Å². The molecule has 0 spiro atoms. The molecule has 0 fully saturated rings. The zero-order chi connectivity index (χ0) is 20.6. The third-order valence-electron chi connectivity index (χ3n) is 4.10. The fraction of sp³-hybridized carbons (Fsp3) is 0.0476. The van der Waals surface area contributed by atoms with Gasteiger partial charge in [0.1, 0.15) is 11.5 Å². The SMILES string of the molecule is O=C1OC(c2ccccc2Br)=N/C1=C\c1ccc(-c2cccc(C(F)(F)F)c2)o1. The predicted octanol–water partition coefficient (Wildman–Crippen LogP) is 6.07. The summed E-state index contributed by atoms with van der Waals surface area (Å²) >= 11 is 3.37. The summed E-state index contributed by atoms with van der Waals surface area (Å²) in [6.07, 6.45) is -3.07. The lowest BCUT2D eigenvalue weighted by molar-refractivity contribution is -0.137. The standard InChI is InChI=1S/C21H11BrF3NO3/c22-16-7-2-1-6-15(16)19-26-17(20(27)29-19)11-14-8-9-18(28-14)12-4-3-5-13(10-12)21(23,24)25/h1-11H/b17-11-. The Labute approximate surface area is 171 Å². The summed E-state index contributed by atoms with van der Waals surface area (Å²) in [6.45, 7) is 0. The number of rotatable bonds is 3. The van der Waals surface area contributed by atoms with Gasteiger partial charge in [-0.3, -0.25) is 0 Å². The first-order chi connectivity index (χ1) is 13.8. The van der Waals surface area contributed by atoms with Crippen LogP contribution in [0.5, 0.6) is 0 Å². The number of hydrogen-bond donors (Lipinski definition) is 0. The molecular weight excluding hydrogens is 451 g/mol. The van der Waals surface area contributed by atoms with Gasteiger partial charge in [0.15, 0.2) is 5.70 Å². The number of halogens is 4. The molecule has 0 saturated carbocycles. The highest BCUT2D eigenvalue weighted by Gasteiger charge is 2.30. The minimum atomic E-state index is -4.45. The Hall–Kier alpha value is -3.13. The van der Waals surface area contributed by atoms with Gasteiger partial charge in [-0.15, -0.1) is 0 Å². The number of ether oxygens (including phenoxy) is 1. The predicted molar refractivity (Wildman–Crippen MR) is 104 cm³/mol. The smallest absolute Gasteiger partial charge is 0.416 e. The Morgan fingerprint density at radius 2 is 1.79 bits per heavy atom. The van der Waals surface area contributed by atoms with E-state index in [-0.39, 0.29) is 28.7 Å². The summed E-state index contributed by atoms with van der Waals surface area (Å²) in [4.78, 5) is 16.3. The van der Waals surface area contributed by atoms with Crippen molar-refractivity contribution in [1.29, 1.82) is 0 Å². The number of alkyl halides is 3. The van der Waals surface area contributed by atoms with Crippen molar-refractivity contribution in [2.75, 3.05) is 0 Å². The van der Waals surface area contributed by atoms with Crippen molar-refractivity contribution in [2.45, 2.75) is 6.18 Å². The zero-order valence-electron chi connectivity index (χ0n) is 14.5. The largest absolute Gasteiger partial charge is 0.457 e. The van der Waals surface area contributed by atoms with Gasteiger partial charge in [0, 0.05) is 16.1 Å². The van der Waals surface area contributed by atoms with Crippen molar-refractivity contribution < 1.29 is 27.1 Å². The van der Waals surface area contributed by atoms with Crippen molar-refractivity contribution in [3.8, 4) is 11.3 Å². The fourth-order valence-electron chi connectivity index (χ4n) is 2.73. The van der Waals surface area contributed by atoms with Crippen LogP contribution in [0.15, 0.2) is 80.2 Å². The summed E-state index contributed by atoms with van der Waals surface area (Å²) in [5.41, 5.74) is 0.151. The van der Waals surface area contributed by atoms with Crippen LogP contribution in [-0.4, -0.2) is 11.9 Å². The van der Waals surface area contributed by atoms with Crippen LogP contribution in [0.3, 0.4) is 0 Å². The Morgan fingerprint density at radius 1 is 1.00 bits per heavy atom. The van der Waals surface area contributed by atoms with E-state index in [2.05, 4.69) is 20.9 Å². The van der Waals surface area contributed by atoms with Crippen LogP contribution >= 0.6 is 15.9 Å². The molecule has 146 valence electrons. The lowest BCUT2D eigenvalue weighted by Gasteiger charge is -2.07. The van der Waals surface area contributed by atoms with E-state index in [9.17, 15) is 18.0 Å². The van der Waals surface area contributed by atoms with Crippen LogP contribution in [-0.2, 0) is 15.7 Å². The molecule has 29 heavy (non-hydrogen) atoms. The molecule has 4 rings (SSSR count). The van der Waals surface area contributed by atoms with Gasteiger partial charge in [-0.25, -0.2) is 9.79 Å². The lowest BCUT2D eigenvalue weighted by atomic mass is 10.1. The fourth-order valence-corrected chi connectivity index (χ4v) is 3.18. The number of furan rings is 1. The van der Waals surface area contributed by atoms with Gasteiger partial charge in [-0.05, 0) is 52.3 Å². The maximum Gasteiger partial charge on any atom is 0.416 e. The number of benzene rings is 2. The van der Waals surface area contributed by atoms with Gasteiger partial charge in [0.25, 0.3) is 0 Å². The molecule has 0 radical (unpaired) electrons. The summed E-state index contributed by atoms with van der Waals surface area (Å²) in [6, 6.07) is 15.0. The maximum absolute atomic E-state index is 12.9. The average Bonchev–Trinajstić information content (AvgIpc) is 3.29. The third-order valence-corrected chi connectivity index (χ3v) is 4.80. The molecule has 1 aliphatic heterocycles. The van der Waals surface area contributed by atoms with Crippen molar-refractivity contribution in [1.82, 2.24) is 0 Å². The van der Waals surface area contributed by atoms with E-state index in [1.165, 1.54) is 24.3 Å². The molecule has 0 N–H and O–H groups in total. The molecule has 0 saturated heterocycles. The molecule has 0 atom stereocenters. The highest BCUT2D eigenvalue weighted by atomic mass is 79.9. The molecule has 8 heteroatoms. The van der Waals surface area contributed by atoms with Crippen molar-refractivity contribution in [3.63, 3.8) is 0 Å². The molecule has 0 aliphatic carbocycles. The number of aliphatic imine (C=N–C) groups is 1. The first kappa shape index (κ1) is 19.2. The topological polar surface area (TPSA) is 51.8 Å². The Bertz CT molecular complexity index is 1160. The highest BCUT2D eigenvalue weighted by Crippen LogP contribution is 2.33. The van der Waals surface area contributed by atoms with Crippen molar-refractivity contribution in [3.05, 3.63) is 87.7 Å². The quantitative estimate of drug-likeness (QED) is 0.351.